The van der Waals surface area contributed by atoms with Gasteiger partial charge in [-0.1, -0.05) is 68.4 Å². The maximum Gasteiger partial charge on any atom is 0.475 e. The van der Waals surface area contributed by atoms with E-state index in [1.165, 1.54) is 5.56 Å². The van der Waals surface area contributed by atoms with E-state index in [0.717, 1.165) is 17.5 Å². The fourth-order valence-corrected chi connectivity index (χ4v) is 4.01. The highest BCUT2D eigenvalue weighted by Crippen LogP contribution is 2.18. The van der Waals surface area contributed by atoms with Crippen molar-refractivity contribution in [1.29, 1.82) is 0 Å². The number of hydrogen-bond donors (Lipinski definition) is 4. The molecule has 0 aromatic heterocycles. The summed E-state index contributed by atoms with van der Waals surface area (Å²) in [5, 5.41) is 25.0. The lowest BCUT2D eigenvalue weighted by atomic mass is 9.75. The molecule has 0 radical (unpaired) electrons. The molecule has 1 aliphatic heterocycles. The maximum absolute atomic E-state index is 13.1. The summed E-state index contributed by atoms with van der Waals surface area (Å²) in [6.45, 7) is 4.96. The van der Waals surface area contributed by atoms with E-state index in [1.807, 2.05) is 62.4 Å². The minimum Gasteiger partial charge on any atom is -0.426 e. The van der Waals surface area contributed by atoms with E-state index in [9.17, 15) is 19.6 Å². The number of amides is 3. The molecule has 3 rings (SSSR count). The largest absolute Gasteiger partial charge is 0.475 e. The quantitative estimate of drug-likeness (QED) is 0.474. The minimum atomic E-state index is -1.67. The normalized spacial score (nSPS) is 15.0. The Balaban J connectivity index is 1.72. The molecule has 0 bridgehead atoms. The molecule has 170 valence electrons. The monoisotopic (exact) mass is 437 g/mol. The van der Waals surface area contributed by atoms with Gasteiger partial charge in [-0.2, -0.15) is 0 Å². The number of hydrogen-bond acceptors (Lipinski definition) is 4. The van der Waals surface area contributed by atoms with Crippen LogP contribution < -0.4 is 10.6 Å². The van der Waals surface area contributed by atoms with Gasteiger partial charge in [-0.15, -0.1) is 0 Å². The van der Waals surface area contributed by atoms with E-state index in [1.54, 1.807) is 4.90 Å². The van der Waals surface area contributed by atoms with Crippen molar-refractivity contribution in [1.82, 2.24) is 15.5 Å². The molecule has 0 spiro atoms. The van der Waals surface area contributed by atoms with Crippen molar-refractivity contribution in [2.24, 2.45) is 5.92 Å². The van der Waals surface area contributed by atoms with Crippen LogP contribution in [0.5, 0.6) is 0 Å². The number of urea groups is 1. The van der Waals surface area contributed by atoms with Gasteiger partial charge in [0.1, 0.15) is 6.04 Å². The first-order chi connectivity index (χ1) is 15.3. The number of rotatable bonds is 8. The van der Waals surface area contributed by atoms with Gasteiger partial charge in [0.15, 0.2) is 0 Å². The molecule has 1 aliphatic rings. The third-order valence-corrected chi connectivity index (χ3v) is 5.73. The molecule has 0 saturated heterocycles. The van der Waals surface area contributed by atoms with Crippen LogP contribution in [0.4, 0.5) is 4.79 Å². The zero-order valence-corrected chi connectivity index (χ0v) is 18.7. The summed E-state index contributed by atoms with van der Waals surface area (Å²) in [6, 6.07) is 16.4. The summed E-state index contributed by atoms with van der Waals surface area (Å²) >= 11 is 0. The first kappa shape index (κ1) is 23.8. The summed E-state index contributed by atoms with van der Waals surface area (Å²) in [4.78, 5) is 27.8. The Morgan fingerprint density at radius 3 is 2.31 bits per heavy atom. The standard InChI is InChI=1S/C24H32BN3O4/c1-17(2)14-22(25(31)32)27-23(29)21(15-18-8-4-3-5-9-18)26-24(30)28-13-12-19-10-6-7-11-20(19)16-28/h3-11,17,21-22,31-32H,12-16H2,1-2H3,(H,26,30)(H,27,29). The van der Waals surface area contributed by atoms with Crippen molar-refractivity contribution in [2.45, 2.75) is 51.6 Å². The fraction of sp³-hybridized carbons (Fsp3) is 0.417. The average molecular weight is 437 g/mol. The van der Waals surface area contributed by atoms with Crippen LogP contribution in [-0.4, -0.2) is 52.5 Å². The Morgan fingerprint density at radius 1 is 1.00 bits per heavy atom. The molecule has 3 amide bonds. The van der Waals surface area contributed by atoms with Crippen LogP contribution in [0.1, 0.15) is 37.0 Å². The second-order valence-electron chi connectivity index (χ2n) is 8.79. The van der Waals surface area contributed by atoms with Crippen molar-refractivity contribution in [3.8, 4) is 0 Å². The van der Waals surface area contributed by atoms with Crippen LogP contribution in [-0.2, 0) is 24.2 Å². The molecule has 1 heterocycles. The number of carbonyl (C=O) groups is 2. The number of fused-ring (bicyclic) bond motifs is 1. The van der Waals surface area contributed by atoms with Gasteiger partial charge in [0.05, 0.1) is 5.94 Å². The van der Waals surface area contributed by atoms with Gasteiger partial charge in [0.2, 0.25) is 5.91 Å². The third kappa shape index (κ3) is 6.58. The molecule has 2 aromatic rings. The molecule has 4 N–H and O–H groups in total. The average Bonchev–Trinajstić information content (AvgIpc) is 2.78. The molecule has 0 fully saturated rings. The Kier molecular flexibility index (Phi) is 8.30. The minimum absolute atomic E-state index is 0.165. The Bertz CT molecular complexity index is 907. The van der Waals surface area contributed by atoms with Crippen molar-refractivity contribution in [3.63, 3.8) is 0 Å². The van der Waals surface area contributed by atoms with E-state index < -0.39 is 25.0 Å². The van der Waals surface area contributed by atoms with Gasteiger partial charge in [0.25, 0.3) is 0 Å². The number of benzene rings is 2. The van der Waals surface area contributed by atoms with E-state index in [0.29, 0.717) is 25.9 Å². The lowest BCUT2D eigenvalue weighted by molar-refractivity contribution is -0.123. The topological polar surface area (TPSA) is 102 Å². The number of nitrogens with one attached hydrogen (secondary N) is 2. The second-order valence-corrected chi connectivity index (χ2v) is 8.79. The van der Waals surface area contributed by atoms with Gasteiger partial charge >= 0.3 is 13.1 Å². The van der Waals surface area contributed by atoms with Gasteiger partial charge in [-0.05, 0) is 35.4 Å². The van der Waals surface area contributed by atoms with Gasteiger partial charge in [-0.25, -0.2) is 4.79 Å². The predicted molar refractivity (Wildman–Crippen MR) is 125 cm³/mol. The highest BCUT2D eigenvalue weighted by Gasteiger charge is 2.31. The molecular weight excluding hydrogens is 405 g/mol. The molecule has 7 nitrogen and oxygen atoms in total. The Labute approximate surface area is 190 Å². The van der Waals surface area contributed by atoms with Crippen LogP contribution >= 0.6 is 0 Å². The third-order valence-electron chi connectivity index (χ3n) is 5.73. The SMILES string of the molecule is CC(C)CC(NC(=O)C(Cc1ccccc1)NC(=O)N1CCc2ccccc2C1)B(O)O. The van der Waals surface area contributed by atoms with Gasteiger partial charge in [0, 0.05) is 19.5 Å². The van der Waals surface area contributed by atoms with Crippen LogP contribution in [0.15, 0.2) is 54.6 Å². The Morgan fingerprint density at radius 2 is 1.66 bits per heavy atom. The van der Waals surface area contributed by atoms with Crippen molar-refractivity contribution in [3.05, 3.63) is 71.3 Å². The lowest BCUT2D eigenvalue weighted by Gasteiger charge is -2.31. The zero-order valence-electron chi connectivity index (χ0n) is 18.7. The maximum atomic E-state index is 13.1. The zero-order chi connectivity index (χ0) is 23.1. The van der Waals surface area contributed by atoms with Gasteiger partial charge < -0.3 is 25.6 Å². The smallest absolute Gasteiger partial charge is 0.426 e. The molecule has 0 aliphatic carbocycles. The van der Waals surface area contributed by atoms with Crippen LogP contribution in [0, 0.1) is 5.92 Å². The summed E-state index contributed by atoms with van der Waals surface area (Å²) in [5.74, 6) is -1.07. The summed E-state index contributed by atoms with van der Waals surface area (Å²) in [5.41, 5.74) is 3.25. The molecule has 0 saturated carbocycles. The highest BCUT2D eigenvalue weighted by atomic mass is 16.4. The van der Waals surface area contributed by atoms with E-state index in [4.69, 9.17) is 0 Å². The summed E-state index contributed by atoms with van der Waals surface area (Å²) in [6.07, 6.45) is 1.49. The molecule has 2 aromatic carbocycles. The molecular formula is C24H32BN3O4. The molecule has 32 heavy (non-hydrogen) atoms. The molecule has 2 atom stereocenters. The second kappa shape index (κ2) is 11.2. The van der Waals surface area contributed by atoms with Crippen molar-refractivity contribution in [2.75, 3.05) is 6.54 Å². The molecule has 8 heteroatoms. The van der Waals surface area contributed by atoms with Crippen LogP contribution in [0.3, 0.4) is 0 Å². The highest BCUT2D eigenvalue weighted by molar-refractivity contribution is 6.43. The van der Waals surface area contributed by atoms with Crippen molar-refractivity contribution >= 4 is 19.1 Å². The first-order valence-corrected chi connectivity index (χ1v) is 11.2. The predicted octanol–water partition coefficient (Wildman–Crippen LogP) is 1.91. The fourth-order valence-electron chi connectivity index (χ4n) is 4.01. The van der Waals surface area contributed by atoms with Crippen LogP contribution in [0.25, 0.3) is 0 Å². The van der Waals surface area contributed by atoms with Crippen LogP contribution in [0.2, 0.25) is 0 Å². The molecule has 2 unspecified atom stereocenters. The first-order valence-electron chi connectivity index (χ1n) is 11.2. The van der Waals surface area contributed by atoms with E-state index in [2.05, 4.69) is 16.7 Å². The van der Waals surface area contributed by atoms with Gasteiger partial charge in [-0.3, -0.25) is 4.79 Å². The number of nitrogens with zero attached hydrogens (tertiary/aromatic N) is 1. The van der Waals surface area contributed by atoms with Crippen molar-refractivity contribution < 1.29 is 19.6 Å². The van der Waals surface area contributed by atoms with E-state index >= 15 is 0 Å². The Hall–Kier alpha value is -2.84. The van der Waals surface area contributed by atoms with E-state index in [-0.39, 0.29) is 11.9 Å². The summed E-state index contributed by atoms with van der Waals surface area (Å²) in [7, 11) is -1.67. The lowest BCUT2D eigenvalue weighted by Crippen LogP contribution is -2.57. The summed E-state index contributed by atoms with van der Waals surface area (Å²) < 4.78 is 0. The number of carbonyl (C=O) groups excluding carboxylic acids is 2.